The van der Waals surface area contributed by atoms with Crippen LogP contribution in [-0.2, 0) is 9.59 Å². The standard InChI is InChI=1S/C24H22N2O5/c1-26(22(30)14-8-16-7-13-20(28)21(29)15-16)23(17-9-11-19(27)12-10-17)24(31)25-18-5-3-2-4-6-18/h2-15,23,27-29H,1H3,(H,25,31)/b14-8+/t23-/m1/s1. The quantitative estimate of drug-likeness (QED) is 0.361. The van der Waals surface area contributed by atoms with Crippen molar-refractivity contribution < 1.29 is 24.9 Å². The average Bonchev–Trinajstić information content (AvgIpc) is 2.76. The van der Waals surface area contributed by atoms with Crippen LogP contribution in [0.4, 0.5) is 5.69 Å². The number of hydrogen-bond donors (Lipinski definition) is 4. The Balaban J connectivity index is 1.85. The highest BCUT2D eigenvalue weighted by molar-refractivity contribution is 6.00. The van der Waals surface area contributed by atoms with E-state index >= 15 is 0 Å². The molecule has 0 aliphatic carbocycles. The van der Waals surface area contributed by atoms with Crippen molar-refractivity contribution in [2.24, 2.45) is 0 Å². The van der Waals surface area contributed by atoms with Crippen molar-refractivity contribution in [3.63, 3.8) is 0 Å². The lowest BCUT2D eigenvalue weighted by molar-refractivity contribution is -0.133. The molecule has 0 unspecified atom stereocenters. The Labute approximate surface area is 179 Å². The van der Waals surface area contributed by atoms with Crippen LogP contribution in [0.15, 0.2) is 78.9 Å². The lowest BCUT2D eigenvalue weighted by Crippen LogP contribution is -2.37. The summed E-state index contributed by atoms with van der Waals surface area (Å²) in [5, 5.41) is 31.4. The molecule has 0 heterocycles. The van der Waals surface area contributed by atoms with Crippen molar-refractivity contribution in [1.82, 2.24) is 4.90 Å². The smallest absolute Gasteiger partial charge is 0.251 e. The zero-order valence-electron chi connectivity index (χ0n) is 16.8. The van der Waals surface area contributed by atoms with E-state index in [4.69, 9.17) is 0 Å². The zero-order chi connectivity index (χ0) is 22.4. The zero-order valence-corrected chi connectivity index (χ0v) is 16.8. The molecule has 31 heavy (non-hydrogen) atoms. The van der Waals surface area contributed by atoms with Gasteiger partial charge in [0, 0.05) is 18.8 Å². The number of carbonyl (C=O) groups is 2. The van der Waals surface area contributed by atoms with E-state index in [9.17, 15) is 24.9 Å². The van der Waals surface area contributed by atoms with Gasteiger partial charge < -0.3 is 25.5 Å². The maximum Gasteiger partial charge on any atom is 0.251 e. The van der Waals surface area contributed by atoms with Gasteiger partial charge in [0.1, 0.15) is 11.8 Å². The van der Waals surface area contributed by atoms with Gasteiger partial charge in [-0.05, 0) is 53.6 Å². The minimum absolute atomic E-state index is 0.0481. The van der Waals surface area contributed by atoms with E-state index in [1.54, 1.807) is 42.5 Å². The van der Waals surface area contributed by atoms with Crippen LogP contribution in [0.1, 0.15) is 17.2 Å². The molecular formula is C24H22N2O5. The number of nitrogens with zero attached hydrogens (tertiary/aromatic N) is 1. The third-order valence-electron chi connectivity index (χ3n) is 4.65. The second-order valence-corrected chi connectivity index (χ2v) is 6.88. The van der Waals surface area contributed by atoms with E-state index in [-0.39, 0.29) is 17.2 Å². The normalized spacial score (nSPS) is 11.8. The fraction of sp³-hybridized carbons (Fsp3) is 0.0833. The summed E-state index contributed by atoms with van der Waals surface area (Å²) in [6.45, 7) is 0. The van der Waals surface area contributed by atoms with Gasteiger partial charge in [-0.3, -0.25) is 9.59 Å². The van der Waals surface area contributed by atoms with Crippen molar-refractivity contribution in [2.45, 2.75) is 6.04 Å². The maximum absolute atomic E-state index is 13.0. The minimum atomic E-state index is -0.953. The first-order valence-corrected chi connectivity index (χ1v) is 9.47. The average molecular weight is 418 g/mol. The Bertz CT molecular complexity index is 1090. The summed E-state index contributed by atoms with van der Waals surface area (Å²) in [5.41, 5.74) is 1.62. The number of likely N-dealkylation sites (N-methyl/N-ethyl adjacent to an activating group) is 1. The number of nitrogens with one attached hydrogen (secondary N) is 1. The Hall–Kier alpha value is -4.26. The molecule has 4 N–H and O–H groups in total. The van der Waals surface area contributed by atoms with Crippen LogP contribution in [0.25, 0.3) is 6.08 Å². The van der Waals surface area contributed by atoms with Crippen molar-refractivity contribution in [3.8, 4) is 17.2 Å². The molecule has 3 rings (SSSR count). The number of carbonyl (C=O) groups excluding carboxylic acids is 2. The van der Waals surface area contributed by atoms with E-state index in [1.807, 2.05) is 6.07 Å². The molecular weight excluding hydrogens is 396 g/mol. The number of aromatic hydroxyl groups is 3. The van der Waals surface area contributed by atoms with E-state index in [1.165, 1.54) is 48.4 Å². The lowest BCUT2D eigenvalue weighted by Gasteiger charge is -2.27. The number of para-hydroxylation sites is 1. The number of rotatable bonds is 6. The summed E-state index contributed by atoms with van der Waals surface area (Å²) in [5.74, 6) is -1.37. The van der Waals surface area contributed by atoms with Gasteiger partial charge in [-0.2, -0.15) is 0 Å². The van der Waals surface area contributed by atoms with Gasteiger partial charge in [0.25, 0.3) is 5.91 Å². The lowest BCUT2D eigenvalue weighted by atomic mass is 10.0. The largest absolute Gasteiger partial charge is 0.508 e. The molecule has 0 saturated carbocycles. The molecule has 3 aromatic rings. The minimum Gasteiger partial charge on any atom is -0.508 e. The third-order valence-corrected chi connectivity index (χ3v) is 4.65. The highest BCUT2D eigenvalue weighted by atomic mass is 16.3. The van der Waals surface area contributed by atoms with Gasteiger partial charge in [-0.1, -0.05) is 36.4 Å². The molecule has 7 nitrogen and oxygen atoms in total. The number of amides is 2. The molecule has 0 aliphatic rings. The molecule has 1 atom stereocenters. The van der Waals surface area contributed by atoms with Crippen molar-refractivity contribution in [1.29, 1.82) is 0 Å². The SMILES string of the molecule is CN(C(=O)/C=C/c1ccc(O)c(O)c1)[C@@H](C(=O)Nc1ccccc1)c1ccc(O)cc1. The summed E-state index contributed by atoms with van der Waals surface area (Å²) in [6, 6.07) is 18.2. The van der Waals surface area contributed by atoms with Crippen LogP contribution in [0.5, 0.6) is 17.2 Å². The summed E-state index contributed by atoms with van der Waals surface area (Å²) in [6.07, 6.45) is 2.75. The highest BCUT2D eigenvalue weighted by Crippen LogP contribution is 2.26. The highest BCUT2D eigenvalue weighted by Gasteiger charge is 2.28. The molecule has 0 spiro atoms. The molecule has 0 fully saturated rings. The Morgan fingerprint density at radius 1 is 0.903 bits per heavy atom. The first kappa shape index (κ1) is 21.4. The fourth-order valence-electron chi connectivity index (χ4n) is 3.00. The molecule has 0 bridgehead atoms. The van der Waals surface area contributed by atoms with E-state index in [2.05, 4.69) is 5.32 Å². The summed E-state index contributed by atoms with van der Waals surface area (Å²) in [4.78, 5) is 27.1. The maximum atomic E-state index is 13.0. The molecule has 0 saturated heterocycles. The van der Waals surface area contributed by atoms with Crippen LogP contribution >= 0.6 is 0 Å². The summed E-state index contributed by atoms with van der Waals surface area (Å²) < 4.78 is 0. The van der Waals surface area contributed by atoms with Crippen LogP contribution in [0.2, 0.25) is 0 Å². The third kappa shape index (κ3) is 5.42. The molecule has 7 heteroatoms. The fourth-order valence-corrected chi connectivity index (χ4v) is 3.00. The number of benzene rings is 3. The molecule has 158 valence electrons. The molecule has 0 radical (unpaired) electrons. The van der Waals surface area contributed by atoms with E-state index in [0.29, 0.717) is 16.8 Å². The van der Waals surface area contributed by atoms with Crippen LogP contribution in [-0.4, -0.2) is 39.1 Å². The predicted molar refractivity (Wildman–Crippen MR) is 117 cm³/mol. The first-order valence-electron chi connectivity index (χ1n) is 9.47. The number of phenols is 3. The van der Waals surface area contributed by atoms with Crippen molar-refractivity contribution >= 4 is 23.6 Å². The van der Waals surface area contributed by atoms with E-state index in [0.717, 1.165) is 0 Å². The van der Waals surface area contributed by atoms with Crippen LogP contribution in [0.3, 0.4) is 0 Å². The number of phenolic OH excluding ortho intramolecular Hbond substituents is 3. The van der Waals surface area contributed by atoms with Gasteiger partial charge in [-0.25, -0.2) is 0 Å². The number of anilines is 1. The number of hydrogen-bond acceptors (Lipinski definition) is 5. The Kier molecular flexibility index (Phi) is 6.57. The second kappa shape index (κ2) is 9.49. The molecule has 0 aliphatic heterocycles. The van der Waals surface area contributed by atoms with Crippen molar-refractivity contribution in [2.75, 3.05) is 12.4 Å². The summed E-state index contributed by atoms with van der Waals surface area (Å²) in [7, 11) is 1.50. The Morgan fingerprint density at radius 3 is 2.23 bits per heavy atom. The molecule has 2 amide bonds. The Morgan fingerprint density at radius 2 is 1.58 bits per heavy atom. The summed E-state index contributed by atoms with van der Waals surface area (Å²) >= 11 is 0. The second-order valence-electron chi connectivity index (χ2n) is 6.88. The van der Waals surface area contributed by atoms with Crippen LogP contribution in [0, 0.1) is 0 Å². The van der Waals surface area contributed by atoms with Gasteiger partial charge in [0.2, 0.25) is 5.91 Å². The molecule has 0 aromatic heterocycles. The predicted octanol–water partition coefficient (Wildman–Crippen LogP) is 3.66. The monoisotopic (exact) mass is 418 g/mol. The van der Waals surface area contributed by atoms with Gasteiger partial charge in [0.15, 0.2) is 11.5 Å². The first-order chi connectivity index (χ1) is 14.8. The van der Waals surface area contributed by atoms with Gasteiger partial charge in [-0.15, -0.1) is 0 Å². The molecule has 3 aromatic carbocycles. The van der Waals surface area contributed by atoms with E-state index < -0.39 is 17.9 Å². The van der Waals surface area contributed by atoms with Crippen molar-refractivity contribution in [3.05, 3.63) is 90.0 Å². The van der Waals surface area contributed by atoms with Gasteiger partial charge >= 0.3 is 0 Å². The topological polar surface area (TPSA) is 110 Å². The van der Waals surface area contributed by atoms with Crippen LogP contribution < -0.4 is 5.32 Å². The van der Waals surface area contributed by atoms with Gasteiger partial charge in [0.05, 0.1) is 0 Å².